The minimum absolute atomic E-state index is 0.00472. The van der Waals surface area contributed by atoms with E-state index < -0.39 is 0 Å². The molecule has 0 aliphatic heterocycles. The number of rotatable bonds is 10. The van der Waals surface area contributed by atoms with Gasteiger partial charge >= 0.3 is 6.09 Å². The number of benzene rings is 1. The smallest absolute Gasteiger partial charge is 0.407 e. The van der Waals surface area contributed by atoms with Gasteiger partial charge in [-0.25, -0.2) is 4.79 Å². The third kappa shape index (κ3) is 8.18. The Morgan fingerprint density at radius 3 is 2.62 bits per heavy atom. The van der Waals surface area contributed by atoms with Gasteiger partial charge in [0.25, 0.3) is 0 Å². The van der Waals surface area contributed by atoms with E-state index in [1.165, 1.54) is 25.7 Å². The van der Waals surface area contributed by atoms with Crippen molar-refractivity contribution in [1.29, 1.82) is 0 Å². The van der Waals surface area contributed by atoms with Crippen molar-refractivity contribution in [3.8, 4) is 0 Å². The van der Waals surface area contributed by atoms with E-state index in [4.69, 9.17) is 4.74 Å². The molecule has 0 bridgehead atoms. The van der Waals surface area contributed by atoms with Gasteiger partial charge in [0, 0.05) is 0 Å². The summed E-state index contributed by atoms with van der Waals surface area (Å²) in [5.41, 5.74) is 0.988. The molecule has 0 spiro atoms. The molecule has 1 amide bonds. The Morgan fingerprint density at radius 1 is 1.24 bits per heavy atom. The van der Waals surface area contributed by atoms with Crippen molar-refractivity contribution in [3.63, 3.8) is 0 Å². The molecule has 116 valence electrons. The van der Waals surface area contributed by atoms with Crippen molar-refractivity contribution < 1.29 is 9.53 Å². The van der Waals surface area contributed by atoms with Gasteiger partial charge in [-0.1, -0.05) is 75.4 Å². The molecule has 1 rings (SSSR count). The zero-order valence-electron chi connectivity index (χ0n) is 13.0. The molecular formula is C18H27NO2. The molecule has 1 aromatic carbocycles. The van der Waals surface area contributed by atoms with Crippen LogP contribution in [-0.4, -0.2) is 12.1 Å². The summed E-state index contributed by atoms with van der Waals surface area (Å²) in [6.07, 6.45) is 8.43. The highest BCUT2D eigenvalue weighted by Crippen LogP contribution is 2.08. The molecule has 0 saturated carbocycles. The highest BCUT2D eigenvalue weighted by molar-refractivity contribution is 5.67. The second kappa shape index (κ2) is 11.0. The van der Waals surface area contributed by atoms with Crippen molar-refractivity contribution in [2.24, 2.45) is 0 Å². The number of hydrogen-bond acceptors (Lipinski definition) is 2. The van der Waals surface area contributed by atoms with E-state index in [2.05, 4.69) is 18.8 Å². The van der Waals surface area contributed by atoms with E-state index in [0.29, 0.717) is 6.61 Å². The van der Waals surface area contributed by atoms with E-state index in [1.807, 2.05) is 30.3 Å². The van der Waals surface area contributed by atoms with Crippen molar-refractivity contribution >= 4 is 6.09 Å². The number of amides is 1. The molecule has 3 nitrogen and oxygen atoms in total. The molecular weight excluding hydrogens is 262 g/mol. The maximum absolute atomic E-state index is 11.7. The van der Waals surface area contributed by atoms with Crippen LogP contribution < -0.4 is 5.32 Å². The first kappa shape index (κ1) is 17.3. The van der Waals surface area contributed by atoms with Crippen LogP contribution >= 0.6 is 0 Å². The van der Waals surface area contributed by atoms with Gasteiger partial charge in [0.15, 0.2) is 0 Å². The van der Waals surface area contributed by atoms with Gasteiger partial charge < -0.3 is 10.1 Å². The summed E-state index contributed by atoms with van der Waals surface area (Å²) >= 11 is 0. The second-order valence-electron chi connectivity index (χ2n) is 5.25. The SMILES string of the molecule is C=CC(CCCCCCC)NC(=O)OCc1ccccc1. The molecule has 0 fully saturated rings. The van der Waals surface area contributed by atoms with E-state index in [9.17, 15) is 4.79 Å². The van der Waals surface area contributed by atoms with Crippen molar-refractivity contribution in [2.75, 3.05) is 0 Å². The van der Waals surface area contributed by atoms with Gasteiger partial charge in [0.05, 0.1) is 6.04 Å². The Hall–Kier alpha value is -1.77. The molecule has 0 aromatic heterocycles. The first-order chi connectivity index (χ1) is 10.3. The fourth-order valence-corrected chi connectivity index (χ4v) is 2.13. The third-order valence-corrected chi connectivity index (χ3v) is 3.42. The van der Waals surface area contributed by atoms with Gasteiger partial charge in [-0.05, 0) is 12.0 Å². The molecule has 1 aromatic rings. The Bertz CT molecular complexity index is 403. The first-order valence-corrected chi connectivity index (χ1v) is 7.86. The minimum atomic E-state index is -0.377. The maximum Gasteiger partial charge on any atom is 0.407 e. The topological polar surface area (TPSA) is 38.3 Å². The van der Waals surface area contributed by atoms with Crippen LogP contribution in [0.25, 0.3) is 0 Å². The quantitative estimate of drug-likeness (QED) is 0.495. The Labute approximate surface area is 128 Å². The number of alkyl carbamates (subject to hydrolysis) is 1. The molecule has 0 radical (unpaired) electrons. The summed E-state index contributed by atoms with van der Waals surface area (Å²) in [5.74, 6) is 0. The summed E-state index contributed by atoms with van der Waals surface area (Å²) in [6.45, 7) is 6.28. The Balaban J connectivity index is 2.19. The number of unbranched alkanes of at least 4 members (excludes halogenated alkanes) is 4. The average Bonchev–Trinajstić information content (AvgIpc) is 2.52. The maximum atomic E-state index is 11.7. The second-order valence-corrected chi connectivity index (χ2v) is 5.25. The Morgan fingerprint density at radius 2 is 1.95 bits per heavy atom. The standard InChI is InChI=1S/C18H27NO2/c1-3-5-6-7-11-14-17(4-2)19-18(20)21-15-16-12-9-8-10-13-16/h4,8-10,12-13,17H,2-3,5-7,11,14-15H2,1H3,(H,19,20). The third-order valence-electron chi connectivity index (χ3n) is 3.42. The lowest BCUT2D eigenvalue weighted by atomic mass is 10.1. The minimum Gasteiger partial charge on any atom is -0.445 e. The van der Waals surface area contributed by atoms with E-state index in [0.717, 1.165) is 18.4 Å². The Kier molecular flexibility index (Phi) is 9.01. The summed E-state index contributed by atoms with van der Waals surface area (Å²) in [5, 5.41) is 2.85. The van der Waals surface area contributed by atoms with Crippen LogP contribution in [0.3, 0.4) is 0 Å². The molecule has 0 saturated heterocycles. The zero-order valence-corrected chi connectivity index (χ0v) is 13.0. The fourth-order valence-electron chi connectivity index (χ4n) is 2.13. The van der Waals surface area contributed by atoms with E-state index >= 15 is 0 Å². The van der Waals surface area contributed by atoms with E-state index in [-0.39, 0.29) is 12.1 Å². The van der Waals surface area contributed by atoms with Crippen LogP contribution in [0.2, 0.25) is 0 Å². The highest BCUT2D eigenvalue weighted by atomic mass is 16.5. The van der Waals surface area contributed by atoms with E-state index in [1.54, 1.807) is 6.08 Å². The van der Waals surface area contributed by atoms with Gasteiger partial charge in [-0.15, -0.1) is 6.58 Å². The number of carbonyl (C=O) groups excluding carboxylic acids is 1. The molecule has 21 heavy (non-hydrogen) atoms. The highest BCUT2D eigenvalue weighted by Gasteiger charge is 2.09. The number of nitrogens with one attached hydrogen (secondary N) is 1. The predicted octanol–water partition coefficient (Wildman–Crippen LogP) is 4.83. The molecule has 0 aliphatic carbocycles. The van der Waals surface area contributed by atoms with Gasteiger partial charge in [-0.3, -0.25) is 0 Å². The summed E-state index contributed by atoms with van der Waals surface area (Å²) < 4.78 is 5.21. The van der Waals surface area contributed by atoms with Gasteiger partial charge in [0.2, 0.25) is 0 Å². The van der Waals surface area contributed by atoms with Crippen molar-refractivity contribution in [3.05, 3.63) is 48.6 Å². The summed E-state index contributed by atoms with van der Waals surface area (Å²) in [7, 11) is 0. The van der Waals surface area contributed by atoms with Crippen molar-refractivity contribution in [1.82, 2.24) is 5.32 Å². The number of carbonyl (C=O) groups is 1. The first-order valence-electron chi connectivity index (χ1n) is 7.86. The van der Waals surface area contributed by atoms with Crippen molar-refractivity contribution in [2.45, 2.75) is 58.1 Å². The zero-order chi connectivity index (χ0) is 15.3. The molecule has 1 unspecified atom stereocenters. The predicted molar refractivity (Wildman–Crippen MR) is 87.1 cm³/mol. The summed E-state index contributed by atoms with van der Waals surface area (Å²) in [6, 6.07) is 9.67. The molecule has 0 aliphatic rings. The molecule has 3 heteroatoms. The van der Waals surface area contributed by atoms with Crippen LogP contribution in [0.4, 0.5) is 4.79 Å². The average molecular weight is 289 g/mol. The van der Waals surface area contributed by atoms with Crippen LogP contribution in [0.1, 0.15) is 51.0 Å². The number of ether oxygens (including phenoxy) is 1. The molecule has 0 heterocycles. The van der Waals surface area contributed by atoms with Crippen LogP contribution in [0.15, 0.2) is 43.0 Å². The van der Waals surface area contributed by atoms with Crippen LogP contribution in [0.5, 0.6) is 0 Å². The molecule has 1 N–H and O–H groups in total. The largest absolute Gasteiger partial charge is 0.445 e. The van der Waals surface area contributed by atoms with Crippen LogP contribution in [0, 0.1) is 0 Å². The molecule has 1 atom stereocenters. The normalized spacial score (nSPS) is 11.7. The van der Waals surface area contributed by atoms with Crippen LogP contribution in [-0.2, 0) is 11.3 Å². The lowest BCUT2D eigenvalue weighted by Gasteiger charge is -2.14. The summed E-state index contributed by atoms with van der Waals surface area (Å²) in [4.78, 5) is 11.7. The fraction of sp³-hybridized carbons (Fsp3) is 0.500. The monoisotopic (exact) mass is 289 g/mol. The van der Waals surface area contributed by atoms with Gasteiger partial charge in [0.1, 0.15) is 6.61 Å². The number of hydrogen-bond donors (Lipinski definition) is 1. The lowest BCUT2D eigenvalue weighted by Crippen LogP contribution is -2.33. The van der Waals surface area contributed by atoms with Gasteiger partial charge in [-0.2, -0.15) is 0 Å². The lowest BCUT2D eigenvalue weighted by molar-refractivity contribution is 0.137.